The summed E-state index contributed by atoms with van der Waals surface area (Å²) in [6, 6.07) is 3.79. The lowest BCUT2D eigenvalue weighted by atomic mass is 9.64. The molecule has 8 nitrogen and oxygen atoms in total. The van der Waals surface area contributed by atoms with E-state index in [0.29, 0.717) is 49.5 Å². The van der Waals surface area contributed by atoms with Gasteiger partial charge in [-0.1, -0.05) is 70.0 Å². The highest BCUT2D eigenvalue weighted by Gasteiger charge is 2.79. The van der Waals surface area contributed by atoms with Gasteiger partial charge < -0.3 is 24.5 Å². The fourth-order valence-electron chi connectivity index (χ4n) is 7.93. The number of aryl methyl sites for hydroxylation is 1. The number of aliphatic hydroxyl groups excluding tert-OH is 1. The van der Waals surface area contributed by atoms with Gasteiger partial charge in [-0.15, -0.1) is 13.2 Å². The fraction of sp³-hybridized carbons (Fsp3) is 0.618. The second-order valence-corrected chi connectivity index (χ2v) is 12.8. The van der Waals surface area contributed by atoms with Crippen LogP contribution in [0.25, 0.3) is 0 Å². The van der Waals surface area contributed by atoms with Crippen molar-refractivity contribution in [2.24, 2.45) is 17.8 Å². The van der Waals surface area contributed by atoms with Crippen LogP contribution in [0.1, 0.15) is 65.4 Å². The summed E-state index contributed by atoms with van der Waals surface area (Å²) in [7, 11) is 0. The number of ether oxygens (including phenoxy) is 1. The maximum Gasteiger partial charge on any atom is 0.253 e. The average molecular weight is 614 g/mol. The van der Waals surface area contributed by atoms with Gasteiger partial charge in [0.1, 0.15) is 11.6 Å². The van der Waals surface area contributed by atoms with E-state index in [1.165, 1.54) is 0 Å². The number of nitrogens with zero attached hydrogens (tertiary/aromatic N) is 3. The van der Waals surface area contributed by atoms with E-state index in [1.54, 1.807) is 32.9 Å². The minimum Gasteiger partial charge on any atom is -0.394 e. The fourth-order valence-corrected chi connectivity index (χ4v) is 8.25. The SMILES string of the molecule is C=CCN(CCC)C(=O)[C@@H]1[C@H]2C(=O)N([C@@H](CO)[C@@H](C)CC)C(C(=O)N(CC=C)c3c(C)cccc3Cl)C23CC[C@@]1(CC)O3. The highest BCUT2D eigenvalue weighted by molar-refractivity contribution is 6.34. The van der Waals surface area contributed by atoms with Gasteiger partial charge in [0.15, 0.2) is 0 Å². The highest BCUT2D eigenvalue weighted by Crippen LogP contribution is 2.65. The van der Waals surface area contributed by atoms with Gasteiger partial charge in [0.25, 0.3) is 5.91 Å². The largest absolute Gasteiger partial charge is 0.394 e. The third kappa shape index (κ3) is 5.23. The molecule has 9 heteroatoms. The molecule has 0 radical (unpaired) electrons. The van der Waals surface area contributed by atoms with Gasteiger partial charge in [-0.2, -0.15) is 0 Å². The molecule has 43 heavy (non-hydrogen) atoms. The van der Waals surface area contributed by atoms with Crippen LogP contribution in [-0.2, 0) is 19.1 Å². The van der Waals surface area contributed by atoms with E-state index in [9.17, 15) is 14.7 Å². The van der Waals surface area contributed by atoms with E-state index in [2.05, 4.69) is 13.2 Å². The Morgan fingerprint density at radius 1 is 1.19 bits per heavy atom. The standard InChI is InChI=1S/C34H48ClN3O5/c1-8-18-36(19-9-2)30(40)26-27-31(41)38(25(21-39)22(6)11-4)29(34(27)17-16-33(26,12-5)43-34)32(42)37(20-10-3)28-23(7)14-13-15-24(28)35/h8,10,13-15,22,25-27,29,39H,1,3,9,11-12,16-21H2,2,4-7H3/t22-,25-,26-,27-,29?,33+,34?/m0/s1. The molecule has 3 aliphatic heterocycles. The summed E-state index contributed by atoms with van der Waals surface area (Å²) in [6.45, 7) is 18.4. The minimum atomic E-state index is -1.22. The summed E-state index contributed by atoms with van der Waals surface area (Å²) in [5, 5.41) is 11.1. The van der Waals surface area contributed by atoms with E-state index >= 15 is 4.79 Å². The third-order valence-electron chi connectivity index (χ3n) is 10.2. The molecule has 3 amide bonds. The summed E-state index contributed by atoms with van der Waals surface area (Å²) >= 11 is 6.69. The zero-order valence-corrected chi connectivity index (χ0v) is 27.1. The number of aliphatic hydroxyl groups is 1. The maximum atomic E-state index is 15.0. The van der Waals surface area contributed by atoms with Crippen LogP contribution in [0.2, 0.25) is 5.02 Å². The second kappa shape index (κ2) is 13.1. The molecule has 0 aromatic heterocycles. The van der Waals surface area contributed by atoms with Gasteiger partial charge in [-0.05, 0) is 50.2 Å². The number of benzene rings is 1. The Bertz CT molecular complexity index is 1230. The van der Waals surface area contributed by atoms with Crippen LogP contribution >= 0.6 is 11.6 Å². The zero-order valence-electron chi connectivity index (χ0n) is 26.4. The van der Waals surface area contributed by atoms with Gasteiger partial charge in [0.05, 0.1) is 40.8 Å². The molecular weight excluding hydrogens is 566 g/mol. The Kier molecular flexibility index (Phi) is 10.1. The number of halogens is 1. The van der Waals surface area contributed by atoms with Crippen molar-refractivity contribution >= 4 is 35.0 Å². The lowest BCUT2D eigenvalue weighted by Gasteiger charge is -2.41. The van der Waals surface area contributed by atoms with Gasteiger partial charge in [0.2, 0.25) is 11.8 Å². The summed E-state index contributed by atoms with van der Waals surface area (Å²) in [5.41, 5.74) is -0.714. The summed E-state index contributed by atoms with van der Waals surface area (Å²) in [5.74, 6) is -2.45. The van der Waals surface area contributed by atoms with E-state index in [-0.39, 0.29) is 36.8 Å². The van der Waals surface area contributed by atoms with Crippen molar-refractivity contribution < 1.29 is 24.2 Å². The zero-order chi connectivity index (χ0) is 31.7. The smallest absolute Gasteiger partial charge is 0.253 e. The number of rotatable bonds is 14. The minimum absolute atomic E-state index is 0.0989. The van der Waals surface area contributed by atoms with Crippen molar-refractivity contribution in [3.8, 4) is 0 Å². The van der Waals surface area contributed by atoms with Crippen LogP contribution in [0.3, 0.4) is 0 Å². The quantitative estimate of drug-likeness (QED) is 0.293. The average Bonchev–Trinajstić information content (AvgIpc) is 3.60. The number of anilines is 1. The highest BCUT2D eigenvalue weighted by atomic mass is 35.5. The molecule has 2 unspecified atom stereocenters. The maximum absolute atomic E-state index is 15.0. The van der Waals surface area contributed by atoms with Crippen LogP contribution in [0.4, 0.5) is 5.69 Å². The molecule has 7 atom stereocenters. The normalized spacial score (nSPS) is 28.9. The molecule has 3 fully saturated rings. The van der Waals surface area contributed by atoms with Gasteiger partial charge in [-0.3, -0.25) is 14.4 Å². The molecule has 3 heterocycles. The van der Waals surface area contributed by atoms with E-state index in [0.717, 1.165) is 12.0 Å². The number of carbonyl (C=O) groups excluding carboxylic acids is 3. The predicted molar refractivity (Wildman–Crippen MR) is 170 cm³/mol. The second-order valence-electron chi connectivity index (χ2n) is 12.4. The molecule has 236 valence electrons. The molecule has 1 aromatic carbocycles. The molecule has 0 aliphatic carbocycles. The summed E-state index contributed by atoms with van der Waals surface area (Å²) in [6.07, 6.45) is 6.37. The van der Waals surface area contributed by atoms with Crippen molar-refractivity contribution in [3.05, 3.63) is 54.1 Å². The number of amides is 3. The van der Waals surface area contributed by atoms with Crippen LogP contribution in [0, 0.1) is 24.7 Å². The van der Waals surface area contributed by atoms with Crippen LogP contribution in [-0.4, -0.2) is 82.2 Å². The Hall–Kier alpha value is -2.68. The Morgan fingerprint density at radius 2 is 1.88 bits per heavy atom. The van der Waals surface area contributed by atoms with Crippen molar-refractivity contribution in [1.29, 1.82) is 0 Å². The number of likely N-dealkylation sites (tertiary alicyclic amines) is 1. The van der Waals surface area contributed by atoms with Gasteiger partial charge in [0, 0.05) is 19.6 Å². The molecule has 1 aromatic rings. The molecular formula is C34H48ClN3O5. The van der Waals surface area contributed by atoms with Crippen LogP contribution in [0.15, 0.2) is 43.5 Å². The monoisotopic (exact) mass is 613 g/mol. The first-order valence-corrected chi connectivity index (χ1v) is 16.1. The van der Waals surface area contributed by atoms with E-state index in [1.807, 2.05) is 46.8 Å². The first-order chi connectivity index (χ1) is 20.5. The molecule has 2 bridgehead atoms. The Morgan fingerprint density at radius 3 is 2.44 bits per heavy atom. The number of hydrogen-bond acceptors (Lipinski definition) is 5. The van der Waals surface area contributed by atoms with Crippen molar-refractivity contribution in [1.82, 2.24) is 9.80 Å². The predicted octanol–water partition coefficient (Wildman–Crippen LogP) is 5.15. The van der Waals surface area contributed by atoms with Crippen molar-refractivity contribution in [3.63, 3.8) is 0 Å². The molecule has 1 N–H and O–H groups in total. The summed E-state index contributed by atoms with van der Waals surface area (Å²) < 4.78 is 7.00. The van der Waals surface area contributed by atoms with Crippen LogP contribution < -0.4 is 4.90 Å². The first-order valence-electron chi connectivity index (χ1n) is 15.7. The van der Waals surface area contributed by atoms with Gasteiger partial charge >= 0.3 is 0 Å². The number of hydrogen-bond donors (Lipinski definition) is 1. The summed E-state index contributed by atoms with van der Waals surface area (Å²) in [4.78, 5) is 49.1. The first kappa shape index (κ1) is 33.2. The third-order valence-corrected chi connectivity index (χ3v) is 10.5. The number of fused-ring (bicyclic) bond motifs is 1. The lowest BCUT2D eigenvalue weighted by molar-refractivity contribution is -0.154. The molecule has 3 saturated heterocycles. The molecule has 4 rings (SSSR count). The Labute approximate surface area is 261 Å². The van der Waals surface area contributed by atoms with Crippen molar-refractivity contribution in [2.45, 2.75) is 90.0 Å². The topological polar surface area (TPSA) is 90.4 Å². The molecule has 0 saturated carbocycles. The molecule has 1 spiro atoms. The number of para-hydroxylation sites is 1. The lowest BCUT2D eigenvalue weighted by Crippen LogP contribution is -2.60. The number of carbonyl (C=O) groups is 3. The van der Waals surface area contributed by atoms with Gasteiger partial charge in [-0.25, -0.2) is 0 Å². The van der Waals surface area contributed by atoms with E-state index < -0.39 is 35.1 Å². The molecule has 3 aliphatic rings. The van der Waals surface area contributed by atoms with E-state index in [4.69, 9.17) is 16.3 Å². The Balaban J connectivity index is 1.93. The van der Waals surface area contributed by atoms with Crippen LogP contribution in [0.5, 0.6) is 0 Å². The van der Waals surface area contributed by atoms with Crippen molar-refractivity contribution in [2.75, 3.05) is 31.1 Å².